The van der Waals surface area contributed by atoms with Crippen molar-refractivity contribution in [1.82, 2.24) is 0 Å². The minimum absolute atomic E-state index is 0.0476. The molecule has 0 spiro atoms. The zero-order valence-electron chi connectivity index (χ0n) is 12.5. The summed E-state index contributed by atoms with van der Waals surface area (Å²) in [6.07, 6.45) is 0.145. The molecule has 2 aromatic rings. The van der Waals surface area contributed by atoms with Gasteiger partial charge in [-0.1, -0.05) is 25.1 Å². The minimum atomic E-state index is -0.469. The molecule has 0 aliphatic rings. The number of nitrogens with zero attached hydrogens (tertiary/aromatic N) is 1. The first-order valence-corrected chi connectivity index (χ1v) is 7.01. The van der Waals surface area contributed by atoms with E-state index in [9.17, 15) is 14.4 Å². The number of hydrogen-bond acceptors (Lipinski definition) is 3. The Balaban J connectivity index is 2.24. The van der Waals surface area contributed by atoms with Crippen LogP contribution in [0.3, 0.4) is 0 Å². The number of halogens is 1. The van der Waals surface area contributed by atoms with Gasteiger partial charge in [0.05, 0.1) is 5.69 Å². The Morgan fingerprint density at radius 2 is 2.00 bits per heavy atom. The van der Waals surface area contributed by atoms with Crippen molar-refractivity contribution in [2.24, 2.45) is 0 Å². The summed E-state index contributed by atoms with van der Waals surface area (Å²) in [6, 6.07) is 11.2. The van der Waals surface area contributed by atoms with Crippen molar-refractivity contribution >= 4 is 11.6 Å². The van der Waals surface area contributed by atoms with Crippen LogP contribution in [0.15, 0.2) is 42.5 Å². The lowest BCUT2D eigenvalue weighted by molar-refractivity contribution is -0.123. The molecule has 1 N–H and O–H groups in total. The number of anilines is 1. The molecular formula is C17H18FNO3. The van der Waals surface area contributed by atoms with E-state index in [1.807, 2.05) is 31.2 Å². The van der Waals surface area contributed by atoms with Gasteiger partial charge in [0.15, 0.2) is 0 Å². The molecule has 0 bridgehead atoms. The smallest absolute Gasteiger partial charge is 0.250 e. The molecule has 0 fully saturated rings. The quantitative estimate of drug-likeness (QED) is 0.674. The number of carbonyl (C=O) groups is 1. The van der Waals surface area contributed by atoms with E-state index in [-0.39, 0.29) is 18.7 Å². The van der Waals surface area contributed by atoms with Gasteiger partial charge in [-0.3, -0.25) is 10.0 Å². The predicted molar refractivity (Wildman–Crippen MR) is 81.5 cm³/mol. The van der Waals surface area contributed by atoms with Crippen LogP contribution in [0.25, 0.3) is 0 Å². The van der Waals surface area contributed by atoms with E-state index in [1.54, 1.807) is 6.92 Å². The maximum atomic E-state index is 13.5. The monoisotopic (exact) mass is 303 g/mol. The Hall–Kier alpha value is -2.40. The van der Waals surface area contributed by atoms with Gasteiger partial charge in [0.25, 0.3) is 0 Å². The van der Waals surface area contributed by atoms with Gasteiger partial charge < -0.3 is 4.74 Å². The number of amides is 1. The lowest BCUT2D eigenvalue weighted by Crippen LogP contribution is -2.27. The van der Waals surface area contributed by atoms with E-state index in [1.165, 1.54) is 18.2 Å². The molecule has 5 heteroatoms. The van der Waals surface area contributed by atoms with Crippen LogP contribution in [0.2, 0.25) is 0 Å². The van der Waals surface area contributed by atoms with Crippen molar-refractivity contribution in [2.75, 3.05) is 5.06 Å². The van der Waals surface area contributed by atoms with Crippen LogP contribution in [0.1, 0.15) is 24.5 Å². The Kier molecular flexibility index (Phi) is 5.12. The lowest BCUT2D eigenvalue weighted by atomic mass is 10.1. The largest absolute Gasteiger partial charge is 0.489 e. The molecule has 0 aliphatic carbocycles. The number of aryl methyl sites for hydroxylation is 1. The van der Waals surface area contributed by atoms with E-state index >= 15 is 0 Å². The van der Waals surface area contributed by atoms with Gasteiger partial charge >= 0.3 is 0 Å². The van der Waals surface area contributed by atoms with Gasteiger partial charge in [0, 0.05) is 12.0 Å². The average Bonchev–Trinajstić information content (AvgIpc) is 2.53. The first-order valence-electron chi connectivity index (χ1n) is 7.01. The Bertz CT molecular complexity index is 673. The van der Waals surface area contributed by atoms with E-state index in [0.717, 1.165) is 5.56 Å². The van der Waals surface area contributed by atoms with Crippen molar-refractivity contribution in [3.8, 4) is 5.75 Å². The highest BCUT2D eigenvalue weighted by Gasteiger charge is 2.16. The third-order valence-electron chi connectivity index (χ3n) is 3.29. The summed E-state index contributed by atoms with van der Waals surface area (Å²) in [6.45, 7) is 3.59. The second kappa shape index (κ2) is 7.04. The van der Waals surface area contributed by atoms with Crippen LogP contribution in [-0.2, 0) is 11.4 Å². The molecule has 0 aliphatic heterocycles. The lowest BCUT2D eigenvalue weighted by Gasteiger charge is -2.18. The molecule has 0 heterocycles. The zero-order valence-corrected chi connectivity index (χ0v) is 12.5. The standard InChI is InChI=1S/C17H18FNO3/c1-3-17(20)19(21)15-9-8-14(18)10-13(15)11-22-16-7-5-4-6-12(16)2/h4-10,21H,3,11H2,1-2H3. The first kappa shape index (κ1) is 16.0. The summed E-state index contributed by atoms with van der Waals surface area (Å²) >= 11 is 0. The highest BCUT2D eigenvalue weighted by atomic mass is 19.1. The van der Waals surface area contributed by atoms with Gasteiger partial charge in [0.2, 0.25) is 5.91 Å². The van der Waals surface area contributed by atoms with E-state index < -0.39 is 11.7 Å². The zero-order chi connectivity index (χ0) is 16.1. The molecule has 0 unspecified atom stereocenters. The molecule has 0 radical (unpaired) electrons. The van der Waals surface area contributed by atoms with Gasteiger partial charge in [-0.05, 0) is 36.8 Å². The molecule has 0 aromatic heterocycles. The molecule has 116 valence electrons. The third kappa shape index (κ3) is 3.62. The van der Waals surface area contributed by atoms with Crippen molar-refractivity contribution in [3.63, 3.8) is 0 Å². The van der Waals surface area contributed by atoms with E-state index in [4.69, 9.17) is 4.74 Å². The van der Waals surface area contributed by atoms with E-state index in [0.29, 0.717) is 16.4 Å². The normalized spacial score (nSPS) is 10.4. The van der Waals surface area contributed by atoms with Crippen LogP contribution < -0.4 is 9.80 Å². The Labute approximate surface area is 128 Å². The second-order valence-corrected chi connectivity index (χ2v) is 4.89. The molecule has 2 rings (SSSR count). The fraction of sp³-hybridized carbons (Fsp3) is 0.235. The minimum Gasteiger partial charge on any atom is -0.489 e. The van der Waals surface area contributed by atoms with Gasteiger partial charge in [0.1, 0.15) is 18.2 Å². The molecule has 0 saturated heterocycles. The average molecular weight is 303 g/mol. The number of ether oxygens (including phenoxy) is 1. The summed E-state index contributed by atoms with van der Waals surface area (Å²) in [4.78, 5) is 11.6. The molecular weight excluding hydrogens is 285 g/mol. The summed E-state index contributed by atoms with van der Waals surface area (Å²) in [5.74, 6) is -0.253. The highest BCUT2D eigenvalue weighted by molar-refractivity contribution is 5.91. The molecule has 4 nitrogen and oxygen atoms in total. The summed E-state index contributed by atoms with van der Waals surface area (Å²) in [5.41, 5.74) is 1.57. The van der Waals surface area contributed by atoms with Crippen LogP contribution in [0, 0.1) is 12.7 Å². The van der Waals surface area contributed by atoms with Crippen molar-refractivity contribution in [2.45, 2.75) is 26.9 Å². The Morgan fingerprint density at radius 1 is 1.27 bits per heavy atom. The van der Waals surface area contributed by atoms with Crippen LogP contribution in [0.4, 0.5) is 10.1 Å². The van der Waals surface area contributed by atoms with Gasteiger partial charge in [-0.2, -0.15) is 5.06 Å². The number of hydrogen-bond donors (Lipinski definition) is 1. The fourth-order valence-corrected chi connectivity index (χ4v) is 2.03. The first-order chi connectivity index (χ1) is 10.5. The number of para-hydroxylation sites is 1. The van der Waals surface area contributed by atoms with Gasteiger partial charge in [-0.15, -0.1) is 0 Å². The van der Waals surface area contributed by atoms with Crippen LogP contribution in [0.5, 0.6) is 5.75 Å². The molecule has 22 heavy (non-hydrogen) atoms. The highest BCUT2D eigenvalue weighted by Crippen LogP contribution is 2.24. The summed E-state index contributed by atoms with van der Waals surface area (Å²) in [7, 11) is 0. The summed E-state index contributed by atoms with van der Waals surface area (Å²) < 4.78 is 19.1. The summed E-state index contributed by atoms with van der Waals surface area (Å²) in [5, 5.41) is 10.5. The Morgan fingerprint density at radius 3 is 2.68 bits per heavy atom. The molecule has 0 saturated carbocycles. The van der Waals surface area contributed by atoms with Crippen LogP contribution in [-0.4, -0.2) is 11.1 Å². The van der Waals surface area contributed by atoms with Crippen molar-refractivity contribution in [3.05, 3.63) is 59.4 Å². The predicted octanol–water partition coefficient (Wildman–Crippen LogP) is 3.85. The van der Waals surface area contributed by atoms with Crippen molar-refractivity contribution in [1.29, 1.82) is 0 Å². The van der Waals surface area contributed by atoms with Crippen molar-refractivity contribution < 1.29 is 19.1 Å². The fourth-order valence-electron chi connectivity index (χ4n) is 2.03. The number of rotatable bonds is 5. The number of benzene rings is 2. The van der Waals surface area contributed by atoms with Crippen LogP contribution >= 0.6 is 0 Å². The van der Waals surface area contributed by atoms with E-state index in [2.05, 4.69) is 0 Å². The topological polar surface area (TPSA) is 49.8 Å². The van der Waals surface area contributed by atoms with Gasteiger partial charge in [-0.25, -0.2) is 4.39 Å². The maximum Gasteiger partial charge on any atom is 0.250 e. The number of carbonyl (C=O) groups excluding carboxylic acids is 1. The SMILES string of the molecule is CCC(=O)N(O)c1ccc(F)cc1COc1ccccc1C. The molecule has 1 amide bonds. The maximum absolute atomic E-state index is 13.5. The third-order valence-corrected chi connectivity index (χ3v) is 3.29. The molecule has 0 atom stereocenters. The number of hydroxylamine groups is 1. The second-order valence-electron chi connectivity index (χ2n) is 4.89. The molecule has 2 aromatic carbocycles.